The first kappa shape index (κ1) is 10.2. The molecular weight excluding hydrogens is 203 g/mol. The van der Waals surface area contributed by atoms with Gasteiger partial charge in [0.25, 0.3) is 0 Å². The minimum atomic E-state index is -4.62. The third-order valence-corrected chi connectivity index (χ3v) is 1.16. The van der Waals surface area contributed by atoms with E-state index in [2.05, 4.69) is 9.97 Å². The van der Waals surface area contributed by atoms with Crippen molar-refractivity contribution in [3.63, 3.8) is 0 Å². The third-order valence-electron chi connectivity index (χ3n) is 1.16. The van der Waals surface area contributed by atoms with E-state index in [9.17, 15) is 18.0 Å². The summed E-state index contributed by atoms with van der Waals surface area (Å²) in [4.78, 5) is 15.9. The fourth-order valence-corrected chi connectivity index (χ4v) is 0.662. The molecule has 1 aromatic rings. The highest BCUT2D eigenvalue weighted by Crippen LogP contribution is 2.25. The number of alkyl halides is 3. The molecule has 5 nitrogen and oxygen atoms in total. The number of amides is 1. The minimum absolute atomic E-state index is 0.120. The molecular formula is C6H4F3N3O2. The second-order valence-electron chi connectivity index (χ2n) is 2.22. The Labute approximate surface area is 75.6 Å². The summed E-state index contributed by atoms with van der Waals surface area (Å²) in [6.07, 6.45) is -4.54. The van der Waals surface area contributed by atoms with Crippen LogP contribution in [0.4, 0.5) is 23.7 Å². The molecule has 0 atom stereocenters. The molecule has 0 aromatic carbocycles. The summed E-state index contributed by atoms with van der Waals surface area (Å²) in [6, 6.07) is 0. The van der Waals surface area contributed by atoms with Crippen molar-refractivity contribution in [3.8, 4) is 0 Å². The molecule has 76 valence electrons. The number of halogens is 3. The Morgan fingerprint density at radius 1 is 1.36 bits per heavy atom. The highest BCUT2D eigenvalue weighted by Gasteiger charge is 2.34. The highest BCUT2D eigenvalue weighted by atomic mass is 19.4. The van der Waals surface area contributed by atoms with E-state index in [4.69, 9.17) is 5.11 Å². The van der Waals surface area contributed by atoms with Crippen LogP contribution in [0.3, 0.4) is 0 Å². The van der Waals surface area contributed by atoms with Crippen LogP contribution in [-0.4, -0.2) is 21.2 Å². The molecule has 0 radical (unpaired) electrons. The fraction of sp³-hybridized carbons (Fsp3) is 0.167. The zero-order chi connectivity index (χ0) is 10.8. The summed E-state index contributed by atoms with van der Waals surface area (Å²) < 4.78 is 35.8. The molecule has 8 heteroatoms. The first-order valence-corrected chi connectivity index (χ1v) is 3.29. The molecule has 1 aromatic heterocycles. The topological polar surface area (TPSA) is 75.1 Å². The van der Waals surface area contributed by atoms with Crippen LogP contribution in [-0.2, 0) is 6.18 Å². The first-order chi connectivity index (χ1) is 6.39. The van der Waals surface area contributed by atoms with Crippen LogP contribution in [0.25, 0.3) is 0 Å². The number of anilines is 1. The number of aromatic nitrogens is 2. The molecule has 0 fully saturated rings. The molecule has 1 rings (SSSR count). The van der Waals surface area contributed by atoms with E-state index in [0.29, 0.717) is 0 Å². The standard InChI is InChI=1S/C6H4F3N3O2/c7-6(8,9)4-10-1-3(2-11-4)12-5(13)14/h1-2,12H,(H,13,14). The van der Waals surface area contributed by atoms with Gasteiger partial charge in [0.15, 0.2) is 0 Å². The lowest BCUT2D eigenvalue weighted by atomic mass is 10.5. The Balaban J connectivity index is 2.84. The van der Waals surface area contributed by atoms with Crippen LogP contribution in [0.2, 0.25) is 0 Å². The van der Waals surface area contributed by atoms with Crippen molar-refractivity contribution >= 4 is 11.8 Å². The molecule has 1 heterocycles. The maximum Gasteiger partial charge on any atom is 0.451 e. The zero-order valence-electron chi connectivity index (χ0n) is 6.54. The predicted molar refractivity (Wildman–Crippen MR) is 38.7 cm³/mol. The highest BCUT2D eigenvalue weighted by molar-refractivity contribution is 5.82. The summed E-state index contributed by atoms with van der Waals surface area (Å²) in [6.45, 7) is 0. The predicted octanol–water partition coefficient (Wildman–Crippen LogP) is 1.59. The summed E-state index contributed by atoms with van der Waals surface area (Å²) in [5, 5.41) is 10.0. The van der Waals surface area contributed by atoms with Gasteiger partial charge in [-0.15, -0.1) is 0 Å². The second kappa shape index (κ2) is 3.48. The van der Waals surface area contributed by atoms with E-state index in [-0.39, 0.29) is 5.69 Å². The van der Waals surface area contributed by atoms with Gasteiger partial charge < -0.3 is 5.11 Å². The largest absolute Gasteiger partial charge is 0.465 e. The molecule has 0 aliphatic carbocycles. The van der Waals surface area contributed by atoms with Crippen molar-refractivity contribution in [1.29, 1.82) is 0 Å². The second-order valence-corrected chi connectivity index (χ2v) is 2.22. The first-order valence-electron chi connectivity index (χ1n) is 3.29. The smallest absolute Gasteiger partial charge is 0.451 e. The van der Waals surface area contributed by atoms with Gasteiger partial charge in [0.05, 0.1) is 18.1 Å². The van der Waals surface area contributed by atoms with E-state index in [1.54, 1.807) is 0 Å². The molecule has 0 saturated heterocycles. The number of carboxylic acid groups (broad SMARTS) is 1. The maximum absolute atomic E-state index is 11.9. The van der Waals surface area contributed by atoms with Crippen LogP contribution < -0.4 is 5.32 Å². The van der Waals surface area contributed by atoms with Crippen molar-refractivity contribution < 1.29 is 23.1 Å². The van der Waals surface area contributed by atoms with Gasteiger partial charge in [0.2, 0.25) is 5.82 Å². The number of hydrogen-bond acceptors (Lipinski definition) is 3. The summed E-state index contributed by atoms with van der Waals surface area (Å²) in [5.41, 5.74) is -0.120. The summed E-state index contributed by atoms with van der Waals surface area (Å²) in [5.74, 6) is -1.31. The number of nitrogens with zero attached hydrogens (tertiary/aromatic N) is 2. The van der Waals surface area contributed by atoms with Crippen molar-refractivity contribution in [3.05, 3.63) is 18.2 Å². The van der Waals surface area contributed by atoms with Crippen LogP contribution in [0, 0.1) is 0 Å². The van der Waals surface area contributed by atoms with E-state index >= 15 is 0 Å². The van der Waals surface area contributed by atoms with Gasteiger partial charge in [0, 0.05) is 0 Å². The van der Waals surface area contributed by atoms with Crippen molar-refractivity contribution in [2.24, 2.45) is 0 Å². The monoisotopic (exact) mass is 207 g/mol. The van der Waals surface area contributed by atoms with Crippen molar-refractivity contribution in [2.75, 3.05) is 5.32 Å². The van der Waals surface area contributed by atoms with Gasteiger partial charge >= 0.3 is 12.3 Å². The van der Waals surface area contributed by atoms with Gasteiger partial charge in [-0.05, 0) is 0 Å². The van der Waals surface area contributed by atoms with Crippen LogP contribution in [0.5, 0.6) is 0 Å². The van der Waals surface area contributed by atoms with E-state index in [0.717, 1.165) is 12.4 Å². The van der Waals surface area contributed by atoms with Gasteiger partial charge in [-0.2, -0.15) is 13.2 Å². The van der Waals surface area contributed by atoms with Gasteiger partial charge in [0.1, 0.15) is 0 Å². The fourth-order valence-electron chi connectivity index (χ4n) is 0.662. The normalized spacial score (nSPS) is 11.1. The van der Waals surface area contributed by atoms with Gasteiger partial charge in [-0.25, -0.2) is 14.8 Å². The van der Waals surface area contributed by atoms with Crippen LogP contribution in [0.1, 0.15) is 5.82 Å². The lowest BCUT2D eigenvalue weighted by molar-refractivity contribution is -0.144. The average Bonchev–Trinajstić information content (AvgIpc) is 2.02. The van der Waals surface area contributed by atoms with Crippen molar-refractivity contribution in [2.45, 2.75) is 6.18 Å². The lowest BCUT2D eigenvalue weighted by Gasteiger charge is -2.04. The van der Waals surface area contributed by atoms with E-state index < -0.39 is 18.1 Å². The van der Waals surface area contributed by atoms with Crippen LogP contribution >= 0.6 is 0 Å². The number of nitrogens with one attached hydrogen (secondary N) is 1. The molecule has 1 amide bonds. The maximum atomic E-state index is 11.9. The third kappa shape index (κ3) is 2.57. The minimum Gasteiger partial charge on any atom is -0.465 e. The van der Waals surface area contributed by atoms with E-state index in [1.807, 2.05) is 5.32 Å². The molecule has 0 saturated carbocycles. The van der Waals surface area contributed by atoms with Gasteiger partial charge in [-0.3, -0.25) is 5.32 Å². The Bertz CT molecular complexity index is 335. The number of carbonyl (C=O) groups is 1. The SMILES string of the molecule is O=C(O)Nc1cnc(C(F)(F)F)nc1. The lowest BCUT2D eigenvalue weighted by Crippen LogP contribution is -2.13. The molecule has 0 unspecified atom stereocenters. The molecule has 14 heavy (non-hydrogen) atoms. The molecule has 2 N–H and O–H groups in total. The zero-order valence-corrected chi connectivity index (χ0v) is 6.54. The molecule has 0 bridgehead atoms. The van der Waals surface area contributed by atoms with Crippen LogP contribution in [0.15, 0.2) is 12.4 Å². The number of hydrogen-bond donors (Lipinski definition) is 2. The van der Waals surface area contributed by atoms with E-state index in [1.165, 1.54) is 0 Å². The Morgan fingerprint density at radius 3 is 2.21 bits per heavy atom. The number of rotatable bonds is 1. The molecule has 0 aliphatic rings. The summed E-state index contributed by atoms with van der Waals surface area (Å²) >= 11 is 0. The Kier molecular flexibility index (Phi) is 2.54. The van der Waals surface area contributed by atoms with Crippen molar-refractivity contribution in [1.82, 2.24) is 9.97 Å². The molecule has 0 aliphatic heterocycles. The Hall–Kier alpha value is -1.86. The Morgan fingerprint density at radius 2 is 1.86 bits per heavy atom. The molecule has 0 spiro atoms. The quantitative estimate of drug-likeness (QED) is 0.733. The average molecular weight is 207 g/mol. The summed E-state index contributed by atoms with van der Waals surface area (Å²) in [7, 11) is 0. The van der Waals surface area contributed by atoms with Gasteiger partial charge in [-0.1, -0.05) is 0 Å².